The molecule has 0 spiro atoms. The topological polar surface area (TPSA) is 58.9 Å². The van der Waals surface area contributed by atoms with Gasteiger partial charge in [-0.3, -0.25) is 4.79 Å². The van der Waals surface area contributed by atoms with Crippen LogP contribution in [0.1, 0.15) is 23.2 Å². The highest BCUT2D eigenvalue weighted by molar-refractivity contribution is 5.24. The van der Waals surface area contributed by atoms with Crippen molar-refractivity contribution in [1.29, 1.82) is 0 Å². The predicted molar refractivity (Wildman–Crippen MR) is 44.6 cm³/mol. The zero-order valence-corrected chi connectivity index (χ0v) is 7.10. The van der Waals surface area contributed by atoms with Gasteiger partial charge in [0.25, 0.3) is 6.43 Å². The van der Waals surface area contributed by atoms with E-state index in [4.69, 9.17) is 5.73 Å². The lowest BCUT2D eigenvalue weighted by molar-refractivity contribution is 0.145. The third kappa shape index (κ3) is 1.75. The summed E-state index contributed by atoms with van der Waals surface area (Å²) in [5, 5.41) is 0. The van der Waals surface area contributed by atoms with E-state index in [0.29, 0.717) is 5.56 Å². The van der Waals surface area contributed by atoms with Gasteiger partial charge in [0.05, 0.1) is 5.69 Å². The van der Waals surface area contributed by atoms with Crippen molar-refractivity contribution in [3.8, 4) is 0 Å². The van der Waals surface area contributed by atoms with E-state index in [1.54, 1.807) is 0 Å². The van der Waals surface area contributed by atoms with Crippen LogP contribution in [0.3, 0.4) is 0 Å². The van der Waals surface area contributed by atoms with Crippen LogP contribution in [0.15, 0.2) is 11.0 Å². The van der Waals surface area contributed by atoms with E-state index in [-0.39, 0.29) is 17.8 Å². The molecule has 1 rings (SSSR count). The second-order valence-corrected chi connectivity index (χ2v) is 2.69. The van der Waals surface area contributed by atoms with Crippen LogP contribution in [0.4, 0.5) is 8.78 Å². The Morgan fingerprint density at radius 2 is 2.23 bits per heavy atom. The summed E-state index contributed by atoms with van der Waals surface area (Å²) < 4.78 is 24.5. The fourth-order valence-corrected chi connectivity index (χ4v) is 1.08. The van der Waals surface area contributed by atoms with Gasteiger partial charge >= 0.3 is 0 Å². The number of rotatable bonds is 2. The van der Waals surface area contributed by atoms with E-state index in [1.165, 1.54) is 13.1 Å². The van der Waals surface area contributed by atoms with Gasteiger partial charge in [0.15, 0.2) is 5.43 Å². The van der Waals surface area contributed by atoms with Crippen LogP contribution in [-0.4, -0.2) is 4.98 Å². The Kier molecular flexibility index (Phi) is 2.77. The average molecular weight is 188 g/mol. The second kappa shape index (κ2) is 3.66. The van der Waals surface area contributed by atoms with Crippen molar-refractivity contribution < 1.29 is 8.78 Å². The van der Waals surface area contributed by atoms with Crippen molar-refractivity contribution >= 4 is 0 Å². The third-order valence-electron chi connectivity index (χ3n) is 1.88. The summed E-state index contributed by atoms with van der Waals surface area (Å²) >= 11 is 0. The van der Waals surface area contributed by atoms with Crippen LogP contribution < -0.4 is 11.2 Å². The molecule has 0 aliphatic rings. The largest absolute Gasteiger partial charge is 0.360 e. The van der Waals surface area contributed by atoms with Gasteiger partial charge in [-0.1, -0.05) is 0 Å². The molecular weight excluding hydrogens is 178 g/mol. The lowest BCUT2D eigenvalue weighted by Gasteiger charge is -2.05. The highest BCUT2D eigenvalue weighted by atomic mass is 19.3. The summed E-state index contributed by atoms with van der Waals surface area (Å²) in [5.74, 6) is 0. The number of hydrogen-bond acceptors (Lipinski definition) is 2. The summed E-state index contributed by atoms with van der Waals surface area (Å²) in [7, 11) is 0. The maximum absolute atomic E-state index is 12.2. The lowest BCUT2D eigenvalue weighted by atomic mass is 10.1. The second-order valence-electron chi connectivity index (χ2n) is 2.69. The number of H-pyrrole nitrogens is 1. The molecule has 0 unspecified atom stereocenters. The minimum Gasteiger partial charge on any atom is -0.360 e. The molecule has 0 saturated carbocycles. The highest BCUT2D eigenvalue weighted by Crippen LogP contribution is 2.17. The Hall–Kier alpha value is -1.23. The quantitative estimate of drug-likeness (QED) is 0.729. The zero-order chi connectivity index (χ0) is 10.0. The molecule has 0 aliphatic heterocycles. The van der Waals surface area contributed by atoms with Crippen molar-refractivity contribution in [3.05, 3.63) is 33.2 Å². The van der Waals surface area contributed by atoms with Crippen LogP contribution in [0.25, 0.3) is 0 Å². The van der Waals surface area contributed by atoms with Gasteiger partial charge in [-0.25, -0.2) is 8.78 Å². The Morgan fingerprint density at radius 1 is 1.62 bits per heavy atom. The monoisotopic (exact) mass is 188 g/mol. The van der Waals surface area contributed by atoms with Gasteiger partial charge in [-0.15, -0.1) is 0 Å². The van der Waals surface area contributed by atoms with Crippen molar-refractivity contribution in [1.82, 2.24) is 4.98 Å². The predicted octanol–water partition coefficient (Wildman–Crippen LogP) is 1.08. The fourth-order valence-electron chi connectivity index (χ4n) is 1.08. The van der Waals surface area contributed by atoms with E-state index in [1.807, 2.05) is 0 Å². The zero-order valence-electron chi connectivity index (χ0n) is 7.10. The highest BCUT2D eigenvalue weighted by Gasteiger charge is 2.14. The first-order valence-corrected chi connectivity index (χ1v) is 3.77. The van der Waals surface area contributed by atoms with E-state index < -0.39 is 11.9 Å². The SMILES string of the molecule is Cc1c(C(F)F)[nH]cc(CN)c1=O. The normalized spacial score (nSPS) is 10.8. The van der Waals surface area contributed by atoms with Gasteiger partial charge < -0.3 is 10.7 Å². The standard InChI is InChI=1S/C8H10F2N2O/c1-4-6(8(9)10)12-3-5(2-11)7(4)13/h3,8H,2,11H2,1H3,(H,12,13). The summed E-state index contributed by atoms with van der Waals surface area (Å²) in [5.41, 5.74) is 4.86. The van der Waals surface area contributed by atoms with Crippen LogP contribution in [-0.2, 0) is 6.54 Å². The first-order valence-electron chi connectivity index (χ1n) is 3.77. The van der Waals surface area contributed by atoms with Crippen LogP contribution in [0.2, 0.25) is 0 Å². The van der Waals surface area contributed by atoms with Crippen molar-refractivity contribution in [2.24, 2.45) is 5.73 Å². The Morgan fingerprint density at radius 3 is 2.69 bits per heavy atom. The molecule has 5 heteroatoms. The maximum atomic E-state index is 12.2. The molecule has 72 valence electrons. The van der Waals surface area contributed by atoms with Crippen molar-refractivity contribution in [2.45, 2.75) is 19.9 Å². The summed E-state index contributed by atoms with van der Waals surface area (Å²) in [6.45, 7) is 1.42. The molecule has 13 heavy (non-hydrogen) atoms. The molecule has 3 N–H and O–H groups in total. The molecule has 0 amide bonds. The summed E-state index contributed by atoms with van der Waals surface area (Å²) in [6, 6.07) is 0. The first kappa shape index (κ1) is 9.85. The van der Waals surface area contributed by atoms with E-state index >= 15 is 0 Å². The average Bonchev–Trinajstić information content (AvgIpc) is 2.09. The fraction of sp³-hybridized carbons (Fsp3) is 0.375. The molecule has 0 aromatic carbocycles. The van der Waals surface area contributed by atoms with Crippen LogP contribution >= 0.6 is 0 Å². The minimum atomic E-state index is -2.65. The number of nitrogens with one attached hydrogen (secondary N) is 1. The Bertz CT molecular complexity index is 360. The molecule has 3 nitrogen and oxygen atoms in total. The molecule has 1 aromatic rings. The number of alkyl halides is 2. The summed E-state index contributed by atoms with van der Waals surface area (Å²) in [6.07, 6.45) is -1.42. The van der Waals surface area contributed by atoms with Crippen LogP contribution in [0.5, 0.6) is 0 Å². The molecule has 1 heterocycles. The van der Waals surface area contributed by atoms with Gasteiger partial charge in [-0.2, -0.15) is 0 Å². The number of aromatic amines is 1. The molecule has 0 bridgehead atoms. The molecule has 0 fully saturated rings. The first-order chi connectivity index (χ1) is 6.07. The number of hydrogen-bond donors (Lipinski definition) is 2. The molecule has 0 atom stereocenters. The van der Waals surface area contributed by atoms with Gasteiger partial charge in [0.2, 0.25) is 0 Å². The van der Waals surface area contributed by atoms with E-state index in [2.05, 4.69) is 4.98 Å². The van der Waals surface area contributed by atoms with Crippen molar-refractivity contribution in [3.63, 3.8) is 0 Å². The number of halogens is 2. The number of pyridine rings is 1. The Labute approximate surface area is 73.6 Å². The summed E-state index contributed by atoms with van der Waals surface area (Å²) in [4.78, 5) is 13.7. The lowest BCUT2D eigenvalue weighted by Crippen LogP contribution is -2.18. The third-order valence-corrected chi connectivity index (χ3v) is 1.88. The van der Waals surface area contributed by atoms with Gasteiger partial charge in [0.1, 0.15) is 0 Å². The molecule has 1 aromatic heterocycles. The maximum Gasteiger partial charge on any atom is 0.278 e. The van der Waals surface area contributed by atoms with Gasteiger partial charge in [-0.05, 0) is 6.92 Å². The van der Waals surface area contributed by atoms with Crippen molar-refractivity contribution in [2.75, 3.05) is 0 Å². The molecule has 0 radical (unpaired) electrons. The van der Waals surface area contributed by atoms with E-state index in [9.17, 15) is 13.6 Å². The smallest absolute Gasteiger partial charge is 0.278 e. The Balaban J connectivity index is 3.32. The molecule has 0 saturated heterocycles. The van der Waals surface area contributed by atoms with E-state index in [0.717, 1.165) is 0 Å². The number of nitrogens with two attached hydrogens (primary N) is 1. The van der Waals surface area contributed by atoms with Gasteiger partial charge in [0, 0.05) is 23.9 Å². The van der Waals surface area contributed by atoms with Crippen LogP contribution in [0, 0.1) is 6.92 Å². The minimum absolute atomic E-state index is 0.0398. The number of aromatic nitrogens is 1. The molecule has 0 aliphatic carbocycles. The molecular formula is C8H10F2N2O.